The van der Waals surface area contributed by atoms with Gasteiger partial charge < -0.3 is 4.74 Å². The fourth-order valence-electron chi connectivity index (χ4n) is 3.72. The van der Waals surface area contributed by atoms with E-state index in [4.69, 9.17) is 4.74 Å². The molecule has 0 unspecified atom stereocenters. The number of carbonyl (C=O) groups is 2. The zero-order valence-electron chi connectivity index (χ0n) is 17.6. The molecule has 0 aliphatic heterocycles. The van der Waals surface area contributed by atoms with Crippen LogP contribution in [0.2, 0.25) is 0 Å². The molecule has 1 aliphatic carbocycles. The molecule has 8 heteroatoms. The summed E-state index contributed by atoms with van der Waals surface area (Å²) in [6.45, 7) is 3.26. The van der Waals surface area contributed by atoms with Crippen LogP contribution in [0, 0.1) is 6.92 Å². The van der Waals surface area contributed by atoms with E-state index in [0.717, 1.165) is 47.7 Å². The van der Waals surface area contributed by atoms with Crippen LogP contribution >= 0.6 is 0 Å². The molecule has 0 atom stereocenters. The molecule has 3 aromatic rings. The zero-order chi connectivity index (χ0) is 21.8. The molecule has 0 radical (unpaired) electrons. The van der Waals surface area contributed by atoms with E-state index in [-0.39, 0.29) is 18.0 Å². The molecule has 2 amide bonds. The summed E-state index contributed by atoms with van der Waals surface area (Å²) < 4.78 is 5.57. The maximum Gasteiger partial charge on any atom is 0.411 e. The number of carbonyl (C=O) groups excluding carboxylic acids is 2. The van der Waals surface area contributed by atoms with Crippen molar-refractivity contribution in [3.05, 3.63) is 42.4 Å². The van der Waals surface area contributed by atoms with Crippen molar-refractivity contribution in [3.8, 4) is 11.1 Å². The van der Waals surface area contributed by atoms with E-state index in [1.54, 1.807) is 12.4 Å². The topological polar surface area (TPSA) is 106 Å². The van der Waals surface area contributed by atoms with Crippen molar-refractivity contribution in [3.63, 3.8) is 0 Å². The van der Waals surface area contributed by atoms with Gasteiger partial charge in [0.2, 0.25) is 11.9 Å². The molecule has 160 valence electrons. The largest absolute Gasteiger partial charge is 0.446 e. The predicted octanol–water partition coefficient (Wildman–Crippen LogP) is 4.84. The number of amides is 2. The summed E-state index contributed by atoms with van der Waals surface area (Å²) in [5.41, 5.74) is 3.83. The van der Waals surface area contributed by atoms with Gasteiger partial charge in [0.05, 0.1) is 16.9 Å². The Morgan fingerprint density at radius 3 is 2.58 bits per heavy atom. The van der Waals surface area contributed by atoms with E-state index in [1.165, 1.54) is 13.3 Å². The van der Waals surface area contributed by atoms with E-state index in [1.807, 2.05) is 31.2 Å². The Balaban J connectivity index is 1.53. The lowest BCUT2D eigenvalue weighted by Crippen LogP contribution is -2.24. The summed E-state index contributed by atoms with van der Waals surface area (Å²) in [5.74, 6) is 0.0523. The highest BCUT2D eigenvalue weighted by Crippen LogP contribution is 2.27. The summed E-state index contributed by atoms with van der Waals surface area (Å²) in [5, 5.41) is 6.25. The Kier molecular flexibility index (Phi) is 6.06. The summed E-state index contributed by atoms with van der Waals surface area (Å²) in [6, 6.07) is 7.62. The van der Waals surface area contributed by atoms with Crippen LogP contribution < -0.4 is 10.6 Å². The molecule has 0 saturated heterocycles. The highest BCUT2D eigenvalue weighted by atomic mass is 16.6. The van der Waals surface area contributed by atoms with Crippen molar-refractivity contribution in [1.29, 1.82) is 0 Å². The van der Waals surface area contributed by atoms with Crippen molar-refractivity contribution < 1.29 is 14.3 Å². The molecule has 8 nitrogen and oxygen atoms in total. The summed E-state index contributed by atoms with van der Waals surface area (Å²) >= 11 is 0. The van der Waals surface area contributed by atoms with Crippen molar-refractivity contribution >= 4 is 34.5 Å². The average Bonchev–Trinajstić information content (AvgIpc) is 2.75. The van der Waals surface area contributed by atoms with Gasteiger partial charge in [-0.05, 0) is 56.4 Å². The Bertz CT molecular complexity index is 1130. The third-order valence-corrected chi connectivity index (χ3v) is 5.35. The van der Waals surface area contributed by atoms with Gasteiger partial charge in [-0.25, -0.2) is 14.8 Å². The number of aryl methyl sites for hydroxylation is 1. The van der Waals surface area contributed by atoms with Gasteiger partial charge in [-0.1, -0.05) is 12.5 Å². The van der Waals surface area contributed by atoms with Crippen molar-refractivity contribution in [1.82, 2.24) is 15.0 Å². The van der Waals surface area contributed by atoms with Crippen LogP contribution in [0.4, 0.5) is 16.4 Å². The third kappa shape index (κ3) is 5.14. The molecule has 31 heavy (non-hydrogen) atoms. The quantitative estimate of drug-likeness (QED) is 0.627. The Morgan fingerprint density at radius 2 is 1.81 bits per heavy atom. The predicted molar refractivity (Wildman–Crippen MR) is 119 cm³/mol. The molecule has 2 aromatic heterocycles. The lowest BCUT2D eigenvalue weighted by atomic mass is 9.98. The number of pyridine rings is 1. The molecular formula is C23H25N5O3. The number of hydrogen-bond acceptors (Lipinski definition) is 6. The van der Waals surface area contributed by atoms with Gasteiger partial charge in [0.1, 0.15) is 6.10 Å². The molecule has 4 rings (SSSR count). The lowest BCUT2D eigenvalue weighted by Gasteiger charge is -2.22. The van der Waals surface area contributed by atoms with Gasteiger partial charge in [-0.15, -0.1) is 0 Å². The molecule has 0 bridgehead atoms. The van der Waals surface area contributed by atoms with Gasteiger partial charge in [0, 0.05) is 30.3 Å². The maximum atomic E-state index is 12.4. The molecular weight excluding hydrogens is 394 g/mol. The number of fused-ring (bicyclic) bond motifs is 1. The van der Waals surface area contributed by atoms with Crippen molar-refractivity contribution in [2.24, 2.45) is 0 Å². The average molecular weight is 419 g/mol. The first-order valence-electron chi connectivity index (χ1n) is 10.5. The minimum atomic E-state index is -0.439. The second-order valence-corrected chi connectivity index (χ2v) is 7.80. The van der Waals surface area contributed by atoms with Crippen LogP contribution in [-0.4, -0.2) is 33.1 Å². The Labute approximate surface area is 180 Å². The van der Waals surface area contributed by atoms with Crippen LogP contribution in [0.1, 0.15) is 44.7 Å². The number of anilines is 2. The van der Waals surface area contributed by atoms with Crippen LogP contribution in [0.15, 0.2) is 36.7 Å². The van der Waals surface area contributed by atoms with E-state index >= 15 is 0 Å². The minimum Gasteiger partial charge on any atom is -0.446 e. The number of nitrogens with one attached hydrogen (secondary N) is 2. The van der Waals surface area contributed by atoms with Crippen LogP contribution in [0.5, 0.6) is 0 Å². The van der Waals surface area contributed by atoms with Gasteiger partial charge in [-0.3, -0.25) is 20.4 Å². The third-order valence-electron chi connectivity index (χ3n) is 5.35. The molecule has 0 spiro atoms. The van der Waals surface area contributed by atoms with E-state index in [0.29, 0.717) is 11.4 Å². The van der Waals surface area contributed by atoms with Crippen molar-refractivity contribution in [2.45, 2.75) is 52.1 Å². The second-order valence-electron chi connectivity index (χ2n) is 7.80. The summed E-state index contributed by atoms with van der Waals surface area (Å²) in [4.78, 5) is 36.5. The first kappa shape index (κ1) is 20.7. The van der Waals surface area contributed by atoms with E-state index in [2.05, 4.69) is 25.6 Å². The highest BCUT2D eigenvalue weighted by molar-refractivity contribution is 5.90. The number of benzene rings is 1. The monoisotopic (exact) mass is 419 g/mol. The van der Waals surface area contributed by atoms with Gasteiger partial charge in [0.25, 0.3) is 0 Å². The van der Waals surface area contributed by atoms with Crippen molar-refractivity contribution in [2.75, 3.05) is 10.6 Å². The fraction of sp³-hybridized carbons (Fsp3) is 0.348. The molecule has 1 aliphatic rings. The lowest BCUT2D eigenvalue weighted by molar-refractivity contribution is -0.114. The number of aromatic nitrogens is 3. The Hall–Kier alpha value is -3.55. The number of hydrogen-bond donors (Lipinski definition) is 2. The van der Waals surface area contributed by atoms with Crippen LogP contribution in [-0.2, 0) is 9.53 Å². The zero-order valence-corrected chi connectivity index (χ0v) is 17.6. The fourth-order valence-corrected chi connectivity index (χ4v) is 3.72. The summed E-state index contributed by atoms with van der Waals surface area (Å²) in [6.07, 6.45) is 8.25. The SMILES string of the molecule is CC(=O)Nc1ncc2cc(-c3cnc(C)c(NC(=O)OC4CCCCC4)c3)ccc2n1. The van der Waals surface area contributed by atoms with Gasteiger partial charge in [-0.2, -0.15) is 0 Å². The number of ether oxygens (including phenoxy) is 1. The smallest absolute Gasteiger partial charge is 0.411 e. The number of rotatable bonds is 4. The van der Waals surface area contributed by atoms with E-state index < -0.39 is 6.09 Å². The van der Waals surface area contributed by atoms with E-state index in [9.17, 15) is 9.59 Å². The minimum absolute atomic E-state index is 0.00642. The summed E-state index contributed by atoms with van der Waals surface area (Å²) in [7, 11) is 0. The van der Waals surface area contributed by atoms with Crippen LogP contribution in [0.3, 0.4) is 0 Å². The maximum absolute atomic E-state index is 12.4. The molecule has 2 heterocycles. The first-order chi connectivity index (χ1) is 15.0. The Morgan fingerprint density at radius 1 is 1.00 bits per heavy atom. The highest BCUT2D eigenvalue weighted by Gasteiger charge is 2.18. The molecule has 2 N–H and O–H groups in total. The van der Waals surface area contributed by atoms with Gasteiger partial charge in [0.15, 0.2) is 0 Å². The number of nitrogens with zero attached hydrogens (tertiary/aromatic N) is 3. The second kappa shape index (κ2) is 9.07. The molecule has 1 saturated carbocycles. The molecule has 1 fully saturated rings. The van der Waals surface area contributed by atoms with Gasteiger partial charge >= 0.3 is 6.09 Å². The standard InChI is InChI=1S/C23H25N5O3/c1-14-21(28-23(30)31-19-6-4-3-5-7-19)11-17(12-24-14)16-8-9-20-18(10-16)13-25-22(27-20)26-15(2)29/h8-13,19H,3-7H2,1-2H3,(H,28,30)(H,25,26,27,29). The normalized spacial score (nSPS) is 14.3. The first-order valence-corrected chi connectivity index (χ1v) is 10.5. The molecule has 1 aromatic carbocycles. The van der Waals surface area contributed by atoms with Crippen LogP contribution in [0.25, 0.3) is 22.0 Å².